The standard InChI is InChI=1S/C9H15N3O.C2H2O4/c1-7-10-9(13-11-7)8-4-3-5-12(2)6-8;3-1(4)2(5)6/h8H,3-6H2,1-2H3;(H,3,4)(H,5,6). The van der Waals surface area contributed by atoms with Crippen LogP contribution >= 0.6 is 0 Å². The van der Waals surface area contributed by atoms with Gasteiger partial charge in [0.2, 0.25) is 5.89 Å². The first-order valence-corrected chi connectivity index (χ1v) is 5.85. The summed E-state index contributed by atoms with van der Waals surface area (Å²) in [7, 11) is 2.13. The van der Waals surface area contributed by atoms with E-state index in [4.69, 9.17) is 24.3 Å². The monoisotopic (exact) mass is 271 g/mol. The summed E-state index contributed by atoms with van der Waals surface area (Å²) < 4.78 is 5.16. The lowest BCUT2D eigenvalue weighted by Gasteiger charge is -2.27. The highest BCUT2D eigenvalue weighted by Gasteiger charge is 2.23. The summed E-state index contributed by atoms with van der Waals surface area (Å²) in [6.45, 7) is 4.09. The zero-order valence-corrected chi connectivity index (χ0v) is 10.9. The number of hydrogen-bond acceptors (Lipinski definition) is 6. The Balaban J connectivity index is 0.000000258. The molecule has 0 aromatic carbocycles. The van der Waals surface area contributed by atoms with E-state index >= 15 is 0 Å². The van der Waals surface area contributed by atoms with Crippen molar-refractivity contribution in [3.8, 4) is 0 Å². The van der Waals surface area contributed by atoms with Gasteiger partial charge in [-0.15, -0.1) is 0 Å². The van der Waals surface area contributed by atoms with Crippen LogP contribution < -0.4 is 0 Å². The molecular weight excluding hydrogens is 254 g/mol. The van der Waals surface area contributed by atoms with Crippen LogP contribution in [-0.2, 0) is 9.59 Å². The second-order valence-electron chi connectivity index (χ2n) is 4.39. The maximum absolute atomic E-state index is 9.10. The van der Waals surface area contributed by atoms with Crippen molar-refractivity contribution in [2.75, 3.05) is 20.1 Å². The van der Waals surface area contributed by atoms with Crippen LogP contribution in [0.4, 0.5) is 0 Å². The maximum atomic E-state index is 9.10. The second-order valence-corrected chi connectivity index (χ2v) is 4.39. The van der Waals surface area contributed by atoms with E-state index < -0.39 is 11.9 Å². The van der Waals surface area contributed by atoms with Gasteiger partial charge in [-0.2, -0.15) is 4.98 Å². The summed E-state index contributed by atoms with van der Waals surface area (Å²) in [5.41, 5.74) is 0. The average molecular weight is 271 g/mol. The van der Waals surface area contributed by atoms with E-state index in [-0.39, 0.29) is 0 Å². The average Bonchev–Trinajstić information content (AvgIpc) is 2.76. The summed E-state index contributed by atoms with van der Waals surface area (Å²) >= 11 is 0. The van der Waals surface area contributed by atoms with Crippen molar-refractivity contribution in [3.05, 3.63) is 11.7 Å². The molecule has 1 saturated heterocycles. The molecule has 2 rings (SSSR count). The minimum atomic E-state index is -1.82. The normalized spacial score (nSPS) is 19.4. The molecule has 1 atom stereocenters. The zero-order valence-electron chi connectivity index (χ0n) is 10.9. The quantitative estimate of drug-likeness (QED) is 0.702. The van der Waals surface area contributed by atoms with Gasteiger partial charge >= 0.3 is 11.9 Å². The van der Waals surface area contributed by atoms with Gasteiger partial charge < -0.3 is 19.6 Å². The van der Waals surface area contributed by atoms with Crippen LogP contribution in [0.2, 0.25) is 0 Å². The van der Waals surface area contributed by atoms with Gasteiger partial charge in [0.05, 0.1) is 5.92 Å². The molecule has 8 nitrogen and oxygen atoms in total. The van der Waals surface area contributed by atoms with Crippen molar-refractivity contribution in [2.24, 2.45) is 0 Å². The first-order chi connectivity index (χ1) is 8.90. The minimum absolute atomic E-state index is 0.444. The Bertz CT molecular complexity index is 433. The van der Waals surface area contributed by atoms with E-state index in [2.05, 4.69) is 22.1 Å². The lowest BCUT2D eigenvalue weighted by molar-refractivity contribution is -0.159. The molecule has 1 aromatic rings. The van der Waals surface area contributed by atoms with E-state index in [1.807, 2.05) is 6.92 Å². The molecular formula is C11H17N3O5. The number of likely N-dealkylation sites (tertiary alicyclic amines) is 1. The highest BCUT2D eigenvalue weighted by molar-refractivity contribution is 6.27. The highest BCUT2D eigenvalue weighted by atomic mass is 16.5. The van der Waals surface area contributed by atoms with Gasteiger partial charge in [0.25, 0.3) is 0 Å². The third-order valence-corrected chi connectivity index (χ3v) is 2.70. The SMILES string of the molecule is Cc1noc(C2CCCN(C)C2)n1.O=C(O)C(=O)O. The highest BCUT2D eigenvalue weighted by Crippen LogP contribution is 2.24. The van der Waals surface area contributed by atoms with Crippen LogP contribution in [0.25, 0.3) is 0 Å². The largest absolute Gasteiger partial charge is 0.473 e. The molecule has 1 aliphatic heterocycles. The fraction of sp³-hybridized carbons (Fsp3) is 0.636. The predicted molar refractivity (Wildman–Crippen MR) is 63.8 cm³/mol. The molecule has 0 bridgehead atoms. The molecule has 0 spiro atoms. The number of carbonyl (C=O) groups is 2. The Morgan fingerprint density at radius 2 is 2.00 bits per heavy atom. The Hall–Kier alpha value is -1.96. The molecule has 1 aliphatic rings. The molecule has 0 radical (unpaired) electrons. The van der Waals surface area contributed by atoms with Crippen LogP contribution in [0.3, 0.4) is 0 Å². The first-order valence-electron chi connectivity index (χ1n) is 5.85. The van der Waals surface area contributed by atoms with Crippen molar-refractivity contribution >= 4 is 11.9 Å². The predicted octanol–water partition coefficient (Wildman–Crippen LogP) is 0.343. The molecule has 0 aliphatic carbocycles. The van der Waals surface area contributed by atoms with Crippen molar-refractivity contribution < 1.29 is 24.3 Å². The molecule has 0 saturated carbocycles. The zero-order chi connectivity index (χ0) is 14.4. The number of likely N-dealkylation sites (N-methyl/N-ethyl adjacent to an activating group) is 1. The number of hydrogen-bond donors (Lipinski definition) is 2. The second kappa shape index (κ2) is 6.83. The number of aryl methyl sites for hydroxylation is 1. The number of carboxylic acids is 2. The van der Waals surface area contributed by atoms with Gasteiger partial charge in [0.15, 0.2) is 5.82 Å². The van der Waals surface area contributed by atoms with Crippen molar-refractivity contribution in [1.82, 2.24) is 15.0 Å². The van der Waals surface area contributed by atoms with Gasteiger partial charge in [-0.05, 0) is 33.4 Å². The number of rotatable bonds is 1. The number of aliphatic carboxylic acids is 2. The number of nitrogens with zero attached hydrogens (tertiary/aromatic N) is 3. The van der Waals surface area contributed by atoms with E-state index in [1.165, 1.54) is 19.4 Å². The number of aromatic nitrogens is 2. The van der Waals surface area contributed by atoms with E-state index in [1.54, 1.807) is 0 Å². The topological polar surface area (TPSA) is 117 Å². The van der Waals surface area contributed by atoms with Gasteiger partial charge in [-0.3, -0.25) is 0 Å². The van der Waals surface area contributed by atoms with Crippen molar-refractivity contribution in [3.63, 3.8) is 0 Å². The third-order valence-electron chi connectivity index (χ3n) is 2.70. The summed E-state index contributed by atoms with van der Waals surface area (Å²) in [5, 5.41) is 18.6. The Kier molecular flexibility index (Phi) is 5.43. The molecule has 1 aromatic heterocycles. The Morgan fingerprint density at radius 1 is 1.37 bits per heavy atom. The molecule has 2 heterocycles. The lowest BCUT2D eigenvalue weighted by atomic mass is 9.99. The molecule has 106 valence electrons. The van der Waals surface area contributed by atoms with Gasteiger partial charge in [-0.1, -0.05) is 5.16 Å². The molecule has 19 heavy (non-hydrogen) atoms. The molecule has 1 fully saturated rings. The van der Waals surface area contributed by atoms with Crippen LogP contribution in [-0.4, -0.2) is 57.3 Å². The van der Waals surface area contributed by atoms with Crippen LogP contribution in [0.1, 0.15) is 30.5 Å². The molecule has 8 heteroatoms. The van der Waals surface area contributed by atoms with Gasteiger partial charge in [0, 0.05) is 6.54 Å². The smallest absolute Gasteiger partial charge is 0.414 e. The van der Waals surface area contributed by atoms with E-state index in [9.17, 15) is 0 Å². The maximum Gasteiger partial charge on any atom is 0.414 e. The minimum Gasteiger partial charge on any atom is -0.473 e. The Labute approximate surface area is 110 Å². The van der Waals surface area contributed by atoms with Crippen molar-refractivity contribution in [2.45, 2.75) is 25.7 Å². The molecule has 0 amide bonds. The number of carboxylic acid groups (broad SMARTS) is 2. The fourth-order valence-corrected chi connectivity index (χ4v) is 1.85. The van der Waals surface area contributed by atoms with Gasteiger partial charge in [-0.25, -0.2) is 9.59 Å². The van der Waals surface area contributed by atoms with E-state index in [0.717, 1.165) is 18.3 Å². The first kappa shape index (κ1) is 15.1. The summed E-state index contributed by atoms with van der Waals surface area (Å²) in [4.78, 5) is 24.8. The van der Waals surface area contributed by atoms with Gasteiger partial charge in [0.1, 0.15) is 0 Å². The third kappa shape index (κ3) is 5.04. The Morgan fingerprint density at radius 3 is 2.42 bits per heavy atom. The summed E-state index contributed by atoms with van der Waals surface area (Å²) in [6, 6.07) is 0. The van der Waals surface area contributed by atoms with Crippen molar-refractivity contribution in [1.29, 1.82) is 0 Å². The van der Waals surface area contributed by atoms with Crippen LogP contribution in [0.5, 0.6) is 0 Å². The molecule has 2 N–H and O–H groups in total. The molecule has 1 unspecified atom stereocenters. The lowest BCUT2D eigenvalue weighted by Crippen LogP contribution is -2.30. The van der Waals surface area contributed by atoms with E-state index in [0.29, 0.717) is 5.92 Å². The van der Waals surface area contributed by atoms with Crippen LogP contribution in [0.15, 0.2) is 4.52 Å². The number of piperidine rings is 1. The fourth-order valence-electron chi connectivity index (χ4n) is 1.85. The summed E-state index contributed by atoms with van der Waals surface area (Å²) in [6.07, 6.45) is 2.40. The summed E-state index contributed by atoms with van der Waals surface area (Å²) in [5.74, 6) is -1.66. The van der Waals surface area contributed by atoms with Crippen LogP contribution in [0, 0.1) is 6.92 Å².